The summed E-state index contributed by atoms with van der Waals surface area (Å²) in [5, 5.41) is 3.02. The molecule has 2 aromatic carbocycles. The fourth-order valence-electron chi connectivity index (χ4n) is 2.33. The zero-order valence-corrected chi connectivity index (χ0v) is 12.7. The predicted octanol–water partition coefficient (Wildman–Crippen LogP) is 5.88. The molecular weight excluding hydrogens is 324 g/mol. The van der Waals surface area contributed by atoms with Crippen LogP contribution in [0.4, 0.5) is 0 Å². The van der Waals surface area contributed by atoms with E-state index in [2.05, 4.69) is 28.1 Å². The van der Waals surface area contributed by atoms with Crippen LogP contribution < -0.4 is 0 Å². The molecule has 0 aliphatic heterocycles. The number of benzene rings is 2. The quantitative estimate of drug-likeness (QED) is 0.533. The van der Waals surface area contributed by atoms with E-state index < -0.39 is 0 Å². The first-order valence-electron chi connectivity index (χ1n) is 6.03. The Hall–Kier alpha value is -1.25. The lowest BCUT2D eigenvalue weighted by Crippen LogP contribution is -1.94. The molecule has 19 heavy (non-hydrogen) atoms. The van der Waals surface area contributed by atoms with E-state index in [1.54, 1.807) is 6.26 Å². The second kappa shape index (κ2) is 5.03. The van der Waals surface area contributed by atoms with Crippen LogP contribution in [0.15, 0.2) is 53.1 Å². The molecule has 1 aromatic heterocycles. The summed E-state index contributed by atoms with van der Waals surface area (Å²) in [5.74, 6) is 0.931. The highest BCUT2D eigenvalue weighted by atomic mass is 79.9. The molecule has 0 N–H and O–H groups in total. The molecule has 96 valence electrons. The lowest BCUT2D eigenvalue weighted by atomic mass is 9.98. The summed E-state index contributed by atoms with van der Waals surface area (Å²) in [4.78, 5) is 0.105. The Balaban J connectivity index is 2.21. The topological polar surface area (TPSA) is 13.1 Å². The second-order valence-corrected chi connectivity index (χ2v) is 5.80. The van der Waals surface area contributed by atoms with E-state index in [9.17, 15) is 0 Å². The molecule has 0 aliphatic carbocycles. The van der Waals surface area contributed by atoms with Gasteiger partial charge in [-0.25, -0.2) is 0 Å². The number of rotatable bonds is 2. The van der Waals surface area contributed by atoms with E-state index in [0.717, 1.165) is 27.1 Å². The molecule has 0 bridgehead atoms. The van der Waals surface area contributed by atoms with Gasteiger partial charge in [0, 0.05) is 16.0 Å². The SMILES string of the molecule is Cc1occc1C(Br)c1ccc(Cl)c2ccccc12. The summed E-state index contributed by atoms with van der Waals surface area (Å²) in [6, 6.07) is 14.2. The Morgan fingerprint density at radius 2 is 1.74 bits per heavy atom. The third-order valence-corrected chi connectivity index (χ3v) is 4.67. The van der Waals surface area contributed by atoms with Crippen LogP contribution in [0.2, 0.25) is 5.02 Å². The predicted molar refractivity (Wildman–Crippen MR) is 83.2 cm³/mol. The summed E-state index contributed by atoms with van der Waals surface area (Å²) in [5.41, 5.74) is 2.34. The molecule has 3 aromatic rings. The van der Waals surface area contributed by atoms with Crippen LogP contribution in [-0.4, -0.2) is 0 Å². The van der Waals surface area contributed by atoms with Crippen molar-refractivity contribution in [1.29, 1.82) is 0 Å². The Kier molecular flexibility index (Phi) is 3.38. The zero-order chi connectivity index (χ0) is 13.4. The Labute approximate surface area is 125 Å². The van der Waals surface area contributed by atoms with Gasteiger partial charge in [0.1, 0.15) is 5.76 Å². The molecule has 1 atom stereocenters. The van der Waals surface area contributed by atoms with Gasteiger partial charge in [-0.1, -0.05) is 57.9 Å². The van der Waals surface area contributed by atoms with Gasteiger partial charge in [0.15, 0.2) is 0 Å². The smallest absolute Gasteiger partial charge is 0.105 e. The third kappa shape index (κ3) is 2.19. The van der Waals surface area contributed by atoms with Crippen LogP contribution in [-0.2, 0) is 0 Å². The maximum Gasteiger partial charge on any atom is 0.105 e. The first kappa shape index (κ1) is 12.8. The molecular formula is C16H12BrClO. The van der Waals surface area contributed by atoms with Gasteiger partial charge in [-0.05, 0) is 30.0 Å². The van der Waals surface area contributed by atoms with Crippen LogP contribution in [0.3, 0.4) is 0 Å². The summed E-state index contributed by atoms with van der Waals surface area (Å²) in [6.45, 7) is 1.97. The van der Waals surface area contributed by atoms with Crippen molar-refractivity contribution >= 4 is 38.3 Å². The Bertz CT molecular complexity index is 732. The minimum absolute atomic E-state index is 0.105. The van der Waals surface area contributed by atoms with E-state index in [1.807, 2.05) is 37.3 Å². The van der Waals surface area contributed by atoms with Gasteiger partial charge in [-0.2, -0.15) is 0 Å². The van der Waals surface area contributed by atoms with Crippen LogP contribution in [0, 0.1) is 6.92 Å². The van der Waals surface area contributed by atoms with Gasteiger partial charge < -0.3 is 4.42 Å². The number of fused-ring (bicyclic) bond motifs is 1. The van der Waals surface area contributed by atoms with Gasteiger partial charge in [-0.15, -0.1) is 0 Å². The maximum absolute atomic E-state index is 6.26. The van der Waals surface area contributed by atoms with Gasteiger partial charge in [-0.3, -0.25) is 0 Å². The molecule has 0 saturated carbocycles. The summed E-state index contributed by atoms with van der Waals surface area (Å²) >= 11 is 10.0. The summed E-state index contributed by atoms with van der Waals surface area (Å²) in [6.07, 6.45) is 1.72. The fourth-order valence-corrected chi connectivity index (χ4v) is 3.43. The van der Waals surface area contributed by atoms with Crippen LogP contribution in [0.25, 0.3) is 10.8 Å². The summed E-state index contributed by atoms with van der Waals surface area (Å²) < 4.78 is 5.39. The molecule has 0 saturated heterocycles. The van der Waals surface area contributed by atoms with Gasteiger partial charge >= 0.3 is 0 Å². The van der Waals surface area contributed by atoms with Crippen molar-refractivity contribution < 1.29 is 4.42 Å². The standard InChI is InChI=1S/C16H12BrClO/c1-10-11(8-9-19-10)16(17)14-6-7-15(18)13-5-3-2-4-12(13)14/h2-9,16H,1H3. The first-order chi connectivity index (χ1) is 9.18. The van der Waals surface area contributed by atoms with Crippen LogP contribution >= 0.6 is 27.5 Å². The molecule has 0 fully saturated rings. The fraction of sp³-hybridized carbons (Fsp3) is 0.125. The van der Waals surface area contributed by atoms with Crippen molar-refractivity contribution in [2.24, 2.45) is 0 Å². The van der Waals surface area contributed by atoms with E-state index in [4.69, 9.17) is 16.0 Å². The van der Waals surface area contributed by atoms with Gasteiger partial charge in [0.25, 0.3) is 0 Å². The molecule has 3 heteroatoms. The van der Waals surface area contributed by atoms with Crippen molar-refractivity contribution in [2.45, 2.75) is 11.8 Å². The molecule has 3 rings (SSSR count). The zero-order valence-electron chi connectivity index (χ0n) is 10.4. The lowest BCUT2D eigenvalue weighted by Gasteiger charge is -2.13. The molecule has 0 spiro atoms. The largest absolute Gasteiger partial charge is 0.469 e. The molecule has 1 heterocycles. The molecule has 1 unspecified atom stereocenters. The van der Waals surface area contributed by atoms with Crippen LogP contribution in [0.5, 0.6) is 0 Å². The van der Waals surface area contributed by atoms with Crippen molar-refractivity contribution in [2.75, 3.05) is 0 Å². The number of hydrogen-bond acceptors (Lipinski definition) is 1. The molecule has 0 radical (unpaired) electrons. The summed E-state index contributed by atoms with van der Waals surface area (Å²) in [7, 11) is 0. The maximum atomic E-state index is 6.26. The van der Waals surface area contributed by atoms with Gasteiger partial charge in [0.05, 0.1) is 11.1 Å². The molecule has 1 nitrogen and oxygen atoms in total. The van der Waals surface area contributed by atoms with Crippen molar-refractivity contribution in [3.05, 3.63) is 70.6 Å². The number of aryl methyl sites for hydroxylation is 1. The van der Waals surface area contributed by atoms with E-state index in [0.29, 0.717) is 0 Å². The molecule has 0 aliphatic rings. The lowest BCUT2D eigenvalue weighted by molar-refractivity contribution is 0.530. The normalized spacial score (nSPS) is 12.8. The van der Waals surface area contributed by atoms with Crippen molar-refractivity contribution in [3.8, 4) is 0 Å². The second-order valence-electron chi connectivity index (χ2n) is 4.48. The highest BCUT2D eigenvalue weighted by Crippen LogP contribution is 2.38. The first-order valence-corrected chi connectivity index (χ1v) is 7.33. The average molecular weight is 336 g/mol. The van der Waals surface area contributed by atoms with Crippen molar-refractivity contribution in [3.63, 3.8) is 0 Å². The van der Waals surface area contributed by atoms with E-state index in [-0.39, 0.29) is 4.83 Å². The van der Waals surface area contributed by atoms with Crippen molar-refractivity contribution in [1.82, 2.24) is 0 Å². The van der Waals surface area contributed by atoms with E-state index >= 15 is 0 Å². The Morgan fingerprint density at radius 1 is 1.00 bits per heavy atom. The minimum Gasteiger partial charge on any atom is -0.469 e. The van der Waals surface area contributed by atoms with Crippen LogP contribution in [0.1, 0.15) is 21.7 Å². The molecule has 0 amide bonds. The third-order valence-electron chi connectivity index (χ3n) is 3.35. The number of halogens is 2. The Morgan fingerprint density at radius 3 is 2.42 bits per heavy atom. The highest BCUT2D eigenvalue weighted by molar-refractivity contribution is 9.09. The average Bonchev–Trinajstić information content (AvgIpc) is 2.85. The number of furan rings is 1. The number of hydrogen-bond donors (Lipinski definition) is 0. The van der Waals surface area contributed by atoms with E-state index in [1.165, 1.54) is 5.56 Å². The highest BCUT2D eigenvalue weighted by Gasteiger charge is 2.17. The monoisotopic (exact) mass is 334 g/mol. The van der Waals surface area contributed by atoms with Gasteiger partial charge in [0.2, 0.25) is 0 Å². The minimum atomic E-state index is 0.105. The number of alkyl halides is 1.